The molecule has 1 aromatic carbocycles. The molecular formula is C13H15ClN4O2. The van der Waals surface area contributed by atoms with Gasteiger partial charge in [0.25, 0.3) is 0 Å². The van der Waals surface area contributed by atoms with Gasteiger partial charge in [-0.15, -0.1) is 0 Å². The molecule has 2 amide bonds. The number of methoxy groups -OCH3 is 1. The van der Waals surface area contributed by atoms with E-state index < -0.39 is 0 Å². The van der Waals surface area contributed by atoms with Crippen LogP contribution in [0.2, 0.25) is 5.02 Å². The summed E-state index contributed by atoms with van der Waals surface area (Å²) in [5.74, 6) is 1.09. The van der Waals surface area contributed by atoms with Crippen molar-refractivity contribution < 1.29 is 9.53 Å². The number of amides is 2. The molecule has 2 rings (SSSR count). The van der Waals surface area contributed by atoms with Crippen LogP contribution in [0.3, 0.4) is 0 Å². The molecule has 2 N–H and O–H groups in total. The third kappa shape index (κ3) is 3.03. The molecule has 7 heteroatoms. The van der Waals surface area contributed by atoms with Crippen LogP contribution in [0.1, 0.15) is 5.56 Å². The first-order valence-electron chi connectivity index (χ1n) is 5.91. The summed E-state index contributed by atoms with van der Waals surface area (Å²) < 4.78 is 6.76. The first-order valence-corrected chi connectivity index (χ1v) is 6.29. The van der Waals surface area contributed by atoms with Gasteiger partial charge >= 0.3 is 6.03 Å². The number of hydrogen-bond acceptors (Lipinski definition) is 3. The van der Waals surface area contributed by atoms with Crippen LogP contribution < -0.4 is 15.4 Å². The van der Waals surface area contributed by atoms with Crippen LogP contribution in [0, 0.1) is 6.92 Å². The van der Waals surface area contributed by atoms with Gasteiger partial charge < -0.3 is 10.1 Å². The van der Waals surface area contributed by atoms with Crippen molar-refractivity contribution in [1.29, 1.82) is 0 Å². The monoisotopic (exact) mass is 294 g/mol. The van der Waals surface area contributed by atoms with E-state index in [0.717, 1.165) is 5.56 Å². The van der Waals surface area contributed by atoms with Crippen molar-refractivity contribution in [3.63, 3.8) is 0 Å². The SMILES string of the molecule is COc1cc(Cl)c(C)cc1NC(=O)Nc1ccnn1C. The van der Waals surface area contributed by atoms with E-state index in [1.54, 1.807) is 36.1 Å². The number of halogens is 1. The average Bonchev–Trinajstić information content (AvgIpc) is 2.79. The summed E-state index contributed by atoms with van der Waals surface area (Å²) in [6.07, 6.45) is 1.60. The molecule has 0 atom stereocenters. The Labute approximate surface area is 121 Å². The highest BCUT2D eigenvalue weighted by Gasteiger charge is 2.11. The second-order valence-electron chi connectivity index (χ2n) is 4.22. The van der Waals surface area contributed by atoms with Gasteiger partial charge in [0.2, 0.25) is 0 Å². The van der Waals surface area contributed by atoms with Crippen LogP contribution in [0.15, 0.2) is 24.4 Å². The number of nitrogens with zero attached hydrogens (tertiary/aromatic N) is 2. The molecule has 6 nitrogen and oxygen atoms in total. The van der Waals surface area contributed by atoms with Crippen LogP contribution in [-0.2, 0) is 7.05 Å². The number of benzene rings is 1. The molecule has 1 heterocycles. The molecule has 0 spiro atoms. The molecule has 0 aliphatic carbocycles. The van der Waals surface area contributed by atoms with E-state index in [2.05, 4.69) is 15.7 Å². The third-order valence-electron chi connectivity index (χ3n) is 2.79. The summed E-state index contributed by atoms with van der Waals surface area (Å²) in [7, 11) is 3.26. The minimum atomic E-state index is -0.381. The maximum atomic E-state index is 11.9. The zero-order valence-electron chi connectivity index (χ0n) is 11.4. The van der Waals surface area contributed by atoms with Gasteiger partial charge in [-0.2, -0.15) is 5.10 Å². The van der Waals surface area contributed by atoms with Crippen LogP contribution in [-0.4, -0.2) is 22.9 Å². The lowest BCUT2D eigenvalue weighted by atomic mass is 10.2. The zero-order valence-corrected chi connectivity index (χ0v) is 12.2. The highest BCUT2D eigenvalue weighted by Crippen LogP contribution is 2.30. The summed E-state index contributed by atoms with van der Waals surface area (Å²) in [6, 6.07) is 4.73. The minimum absolute atomic E-state index is 0.381. The highest BCUT2D eigenvalue weighted by molar-refractivity contribution is 6.31. The van der Waals surface area contributed by atoms with Gasteiger partial charge in [0.1, 0.15) is 11.6 Å². The molecule has 0 radical (unpaired) electrons. The number of urea groups is 1. The van der Waals surface area contributed by atoms with Gasteiger partial charge in [-0.05, 0) is 18.6 Å². The van der Waals surface area contributed by atoms with Crippen molar-refractivity contribution in [3.05, 3.63) is 35.0 Å². The van der Waals surface area contributed by atoms with Gasteiger partial charge in [-0.1, -0.05) is 11.6 Å². The van der Waals surface area contributed by atoms with Gasteiger partial charge in [-0.3, -0.25) is 10.00 Å². The van der Waals surface area contributed by atoms with E-state index in [4.69, 9.17) is 16.3 Å². The first kappa shape index (κ1) is 14.2. The standard InChI is InChI=1S/C13H15ClN4O2/c1-8-6-10(11(20-3)7-9(8)14)16-13(19)17-12-4-5-15-18(12)2/h4-7H,1-3H3,(H2,16,17,19). The predicted octanol–water partition coefficient (Wildman–Crippen LogP) is 3.03. The molecule has 0 fully saturated rings. The largest absolute Gasteiger partial charge is 0.495 e. The lowest BCUT2D eigenvalue weighted by Crippen LogP contribution is -2.21. The summed E-state index contributed by atoms with van der Waals surface area (Å²) in [6.45, 7) is 1.85. The Kier molecular flexibility index (Phi) is 4.14. The lowest BCUT2D eigenvalue weighted by Gasteiger charge is -2.13. The van der Waals surface area contributed by atoms with Gasteiger partial charge in [0.15, 0.2) is 0 Å². The Hall–Kier alpha value is -2.21. The second-order valence-corrected chi connectivity index (χ2v) is 4.63. The molecule has 0 saturated carbocycles. The van der Waals surface area contributed by atoms with Crippen LogP contribution in [0.4, 0.5) is 16.3 Å². The van der Waals surface area contributed by atoms with Crippen molar-refractivity contribution >= 4 is 29.1 Å². The topological polar surface area (TPSA) is 68.2 Å². The van der Waals surface area contributed by atoms with Crippen LogP contribution in [0.5, 0.6) is 5.75 Å². The number of aromatic nitrogens is 2. The van der Waals surface area contributed by atoms with E-state index >= 15 is 0 Å². The Morgan fingerprint density at radius 2 is 2.15 bits per heavy atom. The van der Waals surface area contributed by atoms with Crippen molar-refractivity contribution in [1.82, 2.24) is 9.78 Å². The molecule has 0 saturated heterocycles. The number of aryl methyl sites for hydroxylation is 2. The Morgan fingerprint density at radius 3 is 2.75 bits per heavy atom. The summed E-state index contributed by atoms with van der Waals surface area (Å²) in [5, 5.41) is 9.96. The molecule has 20 heavy (non-hydrogen) atoms. The minimum Gasteiger partial charge on any atom is -0.495 e. The zero-order chi connectivity index (χ0) is 14.7. The van der Waals surface area contributed by atoms with Crippen molar-refractivity contribution in [2.24, 2.45) is 7.05 Å². The second kappa shape index (κ2) is 5.83. The fraction of sp³-hybridized carbons (Fsp3) is 0.231. The molecule has 1 aromatic heterocycles. The molecular weight excluding hydrogens is 280 g/mol. The van der Waals surface area contributed by atoms with Crippen molar-refractivity contribution in [2.75, 3.05) is 17.7 Å². The summed E-state index contributed by atoms with van der Waals surface area (Å²) in [4.78, 5) is 11.9. The van der Waals surface area contributed by atoms with Crippen molar-refractivity contribution in [3.8, 4) is 5.75 Å². The van der Waals surface area contributed by atoms with E-state index in [9.17, 15) is 4.79 Å². The van der Waals surface area contributed by atoms with E-state index in [1.807, 2.05) is 6.92 Å². The van der Waals surface area contributed by atoms with Crippen LogP contribution >= 0.6 is 11.6 Å². The third-order valence-corrected chi connectivity index (χ3v) is 3.20. The number of carbonyl (C=O) groups excluding carboxylic acids is 1. The normalized spacial score (nSPS) is 10.2. The van der Waals surface area contributed by atoms with Crippen molar-refractivity contribution in [2.45, 2.75) is 6.92 Å². The Morgan fingerprint density at radius 1 is 1.40 bits per heavy atom. The van der Waals surface area contributed by atoms with Gasteiger partial charge in [0, 0.05) is 24.2 Å². The van der Waals surface area contributed by atoms with E-state index in [0.29, 0.717) is 22.3 Å². The Balaban J connectivity index is 2.15. The van der Waals surface area contributed by atoms with Crippen LogP contribution in [0.25, 0.3) is 0 Å². The predicted molar refractivity (Wildman–Crippen MR) is 78.6 cm³/mol. The number of carbonyl (C=O) groups is 1. The number of hydrogen-bond donors (Lipinski definition) is 2. The number of rotatable bonds is 3. The number of nitrogens with one attached hydrogen (secondary N) is 2. The van der Waals surface area contributed by atoms with Gasteiger partial charge in [-0.25, -0.2) is 4.79 Å². The molecule has 106 valence electrons. The fourth-order valence-corrected chi connectivity index (χ4v) is 1.85. The fourth-order valence-electron chi connectivity index (χ4n) is 1.70. The van der Waals surface area contributed by atoms with E-state index in [1.165, 1.54) is 7.11 Å². The maximum Gasteiger partial charge on any atom is 0.324 e. The molecule has 0 unspecified atom stereocenters. The average molecular weight is 295 g/mol. The molecule has 0 aliphatic heterocycles. The summed E-state index contributed by atoms with van der Waals surface area (Å²) in [5.41, 5.74) is 1.40. The smallest absolute Gasteiger partial charge is 0.324 e. The first-order chi connectivity index (χ1) is 9.51. The number of anilines is 2. The quantitative estimate of drug-likeness (QED) is 0.914. The maximum absolute atomic E-state index is 11.9. The number of ether oxygens (including phenoxy) is 1. The molecule has 0 bridgehead atoms. The highest BCUT2D eigenvalue weighted by atomic mass is 35.5. The lowest BCUT2D eigenvalue weighted by molar-refractivity contribution is 0.262. The van der Waals surface area contributed by atoms with E-state index in [-0.39, 0.29) is 6.03 Å². The molecule has 2 aromatic rings. The Bertz CT molecular complexity index is 639. The summed E-state index contributed by atoms with van der Waals surface area (Å²) >= 11 is 6.02. The molecule has 0 aliphatic rings. The van der Waals surface area contributed by atoms with Gasteiger partial charge in [0.05, 0.1) is 19.0 Å².